The van der Waals surface area contributed by atoms with Gasteiger partial charge in [-0.3, -0.25) is 4.79 Å². The Morgan fingerprint density at radius 3 is 2.67 bits per heavy atom. The van der Waals surface area contributed by atoms with Crippen LogP contribution in [0.3, 0.4) is 0 Å². The van der Waals surface area contributed by atoms with Crippen LogP contribution in [0, 0.1) is 0 Å². The lowest BCUT2D eigenvalue weighted by molar-refractivity contribution is 0.1000. The third-order valence-electron chi connectivity index (χ3n) is 1.80. The molecule has 0 fully saturated rings. The number of benzene rings is 1. The lowest BCUT2D eigenvalue weighted by Crippen LogP contribution is -2.11. The number of halogens is 1. The molecule has 2 N–H and O–H groups in total. The Bertz CT molecular complexity index is 379. The Balaban J connectivity index is 3.24. The van der Waals surface area contributed by atoms with Gasteiger partial charge in [0.05, 0.1) is 18.7 Å². The number of amides is 1. The molecular weight excluding hydrogens is 218 g/mol. The summed E-state index contributed by atoms with van der Waals surface area (Å²) < 4.78 is 10.3. The zero-order valence-electron chi connectivity index (χ0n) is 8.54. The quantitative estimate of drug-likeness (QED) is 0.857. The highest BCUT2D eigenvalue weighted by atomic mass is 35.5. The fourth-order valence-electron chi connectivity index (χ4n) is 1.15. The zero-order chi connectivity index (χ0) is 11.4. The fourth-order valence-corrected chi connectivity index (χ4v) is 1.41. The number of hydrogen-bond acceptors (Lipinski definition) is 3. The summed E-state index contributed by atoms with van der Waals surface area (Å²) in [5.74, 6) is 0.267. The Morgan fingerprint density at radius 1 is 1.53 bits per heavy atom. The van der Waals surface area contributed by atoms with Crippen LogP contribution in [0.2, 0.25) is 5.02 Å². The number of carbonyl (C=O) groups is 1. The minimum absolute atomic E-state index is 0.292. The number of carbonyl (C=O) groups excluding carboxylic acids is 1. The molecule has 1 amide bonds. The first-order valence-corrected chi connectivity index (χ1v) is 4.78. The van der Waals surface area contributed by atoms with E-state index in [0.717, 1.165) is 0 Å². The number of primary amides is 1. The van der Waals surface area contributed by atoms with Gasteiger partial charge in [-0.2, -0.15) is 0 Å². The van der Waals surface area contributed by atoms with Crippen molar-refractivity contribution >= 4 is 17.5 Å². The first kappa shape index (κ1) is 11.7. The van der Waals surface area contributed by atoms with Crippen LogP contribution >= 0.6 is 11.6 Å². The summed E-state index contributed by atoms with van der Waals surface area (Å²) in [5, 5.41) is 0.310. The maximum Gasteiger partial charge on any atom is 0.248 e. The molecule has 1 aromatic carbocycles. The maximum absolute atomic E-state index is 11.0. The van der Waals surface area contributed by atoms with Crippen LogP contribution in [0.15, 0.2) is 12.1 Å². The van der Waals surface area contributed by atoms with E-state index in [9.17, 15) is 4.79 Å². The zero-order valence-corrected chi connectivity index (χ0v) is 9.30. The van der Waals surface area contributed by atoms with Crippen LogP contribution in [0.25, 0.3) is 0 Å². The Morgan fingerprint density at radius 2 is 2.20 bits per heavy atom. The van der Waals surface area contributed by atoms with E-state index in [4.69, 9.17) is 26.8 Å². The van der Waals surface area contributed by atoms with Crippen molar-refractivity contribution in [3.8, 4) is 11.5 Å². The van der Waals surface area contributed by atoms with Crippen molar-refractivity contribution in [2.75, 3.05) is 13.7 Å². The molecular formula is C10H12ClNO3. The lowest BCUT2D eigenvalue weighted by atomic mass is 10.2. The highest BCUT2D eigenvalue weighted by Crippen LogP contribution is 2.36. The molecule has 0 saturated carbocycles. The molecule has 0 aliphatic rings. The van der Waals surface area contributed by atoms with Gasteiger partial charge in [0, 0.05) is 5.56 Å². The second-order valence-corrected chi connectivity index (χ2v) is 3.19. The molecule has 0 aromatic heterocycles. The van der Waals surface area contributed by atoms with Crippen LogP contribution in [0.4, 0.5) is 0 Å². The van der Waals surface area contributed by atoms with Crippen LogP contribution in [-0.2, 0) is 0 Å². The van der Waals surface area contributed by atoms with E-state index in [1.54, 1.807) is 0 Å². The Kier molecular flexibility index (Phi) is 3.80. The molecule has 0 saturated heterocycles. The summed E-state index contributed by atoms with van der Waals surface area (Å²) in [6.07, 6.45) is 0. The minimum atomic E-state index is -0.557. The monoisotopic (exact) mass is 229 g/mol. The normalized spacial score (nSPS) is 9.80. The maximum atomic E-state index is 11.0. The van der Waals surface area contributed by atoms with E-state index in [1.165, 1.54) is 19.2 Å². The van der Waals surface area contributed by atoms with Crippen LogP contribution < -0.4 is 15.2 Å². The van der Waals surface area contributed by atoms with Crippen LogP contribution in [0.1, 0.15) is 17.3 Å². The molecule has 5 heteroatoms. The van der Waals surface area contributed by atoms with Crippen molar-refractivity contribution in [3.05, 3.63) is 22.7 Å². The van der Waals surface area contributed by atoms with E-state index in [-0.39, 0.29) is 0 Å². The molecule has 0 aliphatic carbocycles. The molecule has 1 aromatic rings. The van der Waals surface area contributed by atoms with Crippen molar-refractivity contribution in [2.24, 2.45) is 5.73 Å². The topological polar surface area (TPSA) is 61.5 Å². The summed E-state index contributed by atoms with van der Waals surface area (Å²) >= 11 is 5.92. The third-order valence-corrected chi connectivity index (χ3v) is 2.08. The minimum Gasteiger partial charge on any atom is -0.493 e. The largest absolute Gasteiger partial charge is 0.493 e. The van der Waals surface area contributed by atoms with Crippen LogP contribution in [-0.4, -0.2) is 19.6 Å². The van der Waals surface area contributed by atoms with E-state index in [1.807, 2.05) is 6.92 Å². The number of methoxy groups -OCH3 is 1. The molecule has 0 aliphatic heterocycles. The van der Waals surface area contributed by atoms with Crippen molar-refractivity contribution in [2.45, 2.75) is 6.92 Å². The SMILES string of the molecule is CCOc1c(Cl)cc(C(N)=O)cc1OC. The van der Waals surface area contributed by atoms with Gasteiger partial charge in [-0.05, 0) is 19.1 Å². The Hall–Kier alpha value is -1.42. The van der Waals surface area contributed by atoms with Gasteiger partial charge in [0.2, 0.25) is 5.91 Å². The smallest absolute Gasteiger partial charge is 0.248 e. The molecule has 15 heavy (non-hydrogen) atoms. The molecule has 82 valence electrons. The summed E-state index contributed by atoms with van der Waals surface area (Å²) in [6, 6.07) is 2.95. The van der Waals surface area contributed by atoms with Crippen molar-refractivity contribution in [3.63, 3.8) is 0 Å². The van der Waals surface area contributed by atoms with E-state index < -0.39 is 5.91 Å². The van der Waals surface area contributed by atoms with Gasteiger partial charge in [0.15, 0.2) is 11.5 Å². The highest BCUT2D eigenvalue weighted by molar-refractivity contribution is 6.32. The second-order valence-electron chi connectivity index (χ2n) is 2.79. The first-order chi connectivity index (χ1) is 7.10. The predicted octanol–water partition coefficient (Wildman–Crippen LogP) is 1.85. The van der Waals surface area contributed by atoms with Gasteiger partial charge < -0.3 is 15.2 Å². The third kappa shape index (κ3) is 2.53. The van der Waals surface area contributed by atoms with Gasteiger partial charge in [-0.1, -0.05) is 11.6 Å². The Labute approximate surface area is 92.9 Å². The van der Waals surface area contributed by atoms with Gasteiger partial charge >= 0.3 is 0 Å². The van der Waals surface area contributed by atoms with Crippen molar-refractivity contribution in [1.82, 2.24) is 0 Å². The highest BCUT2D eigenvalue weighted by Gasteiger charge is 2.13. The molecule has 0 radical (unpaired) electrons. The van der Waals surface area contributed by atoms with E-state index >= 15 is 0 Å². The number of rotatable bonds is 4. The molecule has 4 nitrogen and oxygen atoms in total. The fraction of sp³-hybridized carbons (Fsp3) is 0.300. The lowest BCUT2D eigenvalue weighted by Gasteiger charge is -2.11. The molecule has 1 rings (SSSR count). The van der Waals surface area contributed by atoms with Crippen molar-refractivity contribution < 1.29 is 14.3 Å². The molecule has 0 spiro atoms. The first-order valence-electron chi connectivity index (χ1n) is 4.40. The summed E-state index contributed by atoms with van der Waals surface area (Å²) in [5.41, 5.74) is 5.43. The summed E-state index contributed by atoms with van der Waals surface area (Å²) in [6.45, 7) is 2.30. The van der Waals surface area contributed by atoms with Gasteiger partial charge in [0.25, 0.3) is 0 Å². The summed E-state index contributed by atoms with van der Waals surface area (Å²) in [7, 11) is 1.47. The molecule has 0 bridgehead atoms. The predicted molar refractivity (Wildman–Crippen MR) is 57.7 cm³/mol. The summed E-state index contributed by atoms with van der Waals surface area (Å²) in [4.78, 5) is 11.0. The van der Waals surface area contributed by atoms with E-state index in [2.05, 4.69) is 0 Å². The van der Waals surface area contributed by atoms with E-state index in [0.29, 0.717) is 28.7 Å². The second kappa shape index (κ2) is 4.89. The average molecular weight is 230 g/mol. The van der Waals surface area contributed by atoms with Crippen LogP contribution in [0.5, 0.6) is 11.5 Å². The molecule has 0 atom stereocenters. The van der Waals surface area contributed by atoms with Gasteiger partial charge in [0.1, 0.15) is 0 Å². The number of hydrogen-bond donors (Lipinski definition) is 1. The average Bonchev–Trinajstić information content (AvgIpc) is 2.20. The van der Waals surface area contributed by atoms with Crippen molar-refractivity contribution in [1.29, 1.82) is 0 Å². The standard InChI is InChI=1S/C10H12ClNO3/c1-3-15-9-7(11)4-6(10(12)13)5-8(9)14-2/h4-5H,3H2,1-2H3,(H2,12,13). The van der Waals surface area contributed by atoms with Gasteiger partial charge in [-0.15, -0.1) is 0 Å². The number of nitrogens with two attached hydrogens (primary N) is 1. The van der Waals surface area contributed by atoms with Gasteiger partial charge in [-0.25, -0.2) is 0 Å². The molecule has 0 heterocycles. The number of ether oxygens (including phenoxy) is 2. The molecule has 0 unspecified atom stereocenters.